The van der Waals surface area contributed by atoms with Gasteiger partial charge in [0.2, 0.25) is 0 Å². The minimum atomic E-state index is -1.38. The summed E-state index contributed by atoms with van der Waals surface area (Å²) >= 11 is 0. The van der Waals surface area contributed by atoms with Gasteiger partial charge in [0.1, 0.15) is 0 Å². The Balaban J connectivity index is 1.74. The van der Waals surface area contributed by atoms with Gasteiger partial charge in [0.05, 0.1) is 11.4 Å². The molecule has 1 atom stereocenters. The van der Waals surface area contributed by atoms with Gasteiger partial charge in [0.25, 0.3) is 11.8 Å². The number of amides is 4. The highest BCUT2D eigenvalue weighted by molar-refractivity contribution is 6.23. The van der Waals surface area contributed by atoms with Crippen molar-refractivity contribution in [1.29, 1.82) is 0 Å². The van der Waals surface area contributed by atoms with E-state index >= 15 is 0 Å². The second kappa shape index (κ2) is 9.99. The first kappa shape index (κ1) is 22.1. The quantitative estimate of drug-likeness (QED) is 0.544. The van der Waals surface area contributed by atoms with E-state index in [0.717, 1.165) is 12.8 Å². The lowest BCUT2D eigenvalue weighted by Crippen LogP contribution is -2.55. The first-order chi connectivity index (χ1) is 16.1. The maximum Gasteiger partial charge on any atom is 0.320 e. The van der Waals surface area contributed by atoms with Crippen molar-refractivity contribution in [2.24, 2.45) is 0 Å². The molecule has 0 saturated heterocycles. The molecule has 0 bridgehead atoms. The molecule has 0 fully saturated rings. The number of hydrogen-bond donors (Lipinski definition) is 2. The summed E-state index contributed by atoms with van der Waals surface area (Å²) in [6, 6.07) is 23.3. The van der Waals surface area contributed by atoms with E-state index in [1.165, 1.54) is 4.90 Å². The number of anilines is 4. The molecule has 0 saturated carbocycles. The van der Waals surface area contributed by atoms with Crippen molar-refractivity contribution in [2.45, 2.75) is 25.8 Å². The van der Waals surface area contributed by atoms with E-state index in [9.17, 15) is 14.4 Å². The predicted octanol–water partition coefficient (Wildman–Crippen LogP) is 4.69. The van der Waals surface area contributed by atoms with Gasteiger partial charge in [-0.25, -0.2) is 4.79 Å². The number of nitrogens with zero attached hydrogens (tertiary/aromatic N) is 2. The highest BCUT2D eigenvalue weighted by Gasteiger charge is 2.41. The molecule has 0 aromatic heterocycles. The average Bonchev–Trinajstić information content (AvgIpc) is 2.92. The van der Waals surface area contributed by atoms with Crippen LogP contribution in [0.25, 0.3) is 0 Å². The van der Waals surface area contributed by atoms with Gasteiger partial charge in [-0.15, -0.1) is 0 Å². The molecule has 7 heteroatoms. The van der Waals surface area contributed by atoms with E-state index < -0.39 is 23.9 Å². The Morgan fingerprint density at radius 2 is 1.42 bits per heavy atom. The van der Waals surface area contributed by atoms with Gasteiger partial charge in [-0.1, -0.05) is 61.9 Å². The van der Waals surface area contributed by atoms with Gasteiger partial charge in [-0.2, -0.15) is 0 Å². The van der Waals surface area contributed by atoms with Crippen molar-refractivity contribution in [1.82, 2.24) is 5.32 Å². The van der Waals surface area contributed by atoms with Crippen LogP contribution in [0.3, 0.4) is 0 Å². The van der Waals surface area contributed by atoms with Crippen LogP contribution in [0.15, 0.2) is 84.9 Å². The van der Waals surface area contributed by atoms with Gasteiger partial charge >= 0.3 is 6.03 Å². The molecule has 168 valence electrons. The number of carbonyl (C=O) groups excluding carboxylic acids is 3. The van der Waals surface area contributed by atoms with Crippen LogP contribution in [0.5, 0.6) is 0 Å². The van der Waals surface area contributed by atoms with Crippen molar-refractivity contribution in [3.05, 3.63) is 84.9 Å². The molecule has 7 nitrogen and oxygen atoms in total. The Labute approximate surface area is 193 Å². The summed E-state index contributed by atoms with van der Waals surface area (Å²) in [6.45, 7) is 2.49. The number of benzene rings is 3. The summed E-state index contributed by atoms with van der Waals surface area (Å²) in [5, 5.41) is 5.31. The molecule has 0 spiro atoms. The second-order valence-electron chi connectivity index (χ2n) is 7.74. The van der Waals surface area contributed by atoms with Gasteiger partial charge in [-0.3, -0.25) is 14.5 Å². The number of carbonyl (C=O) groups is 3. The van der Waals surface area contributed by atoms with Crippen LogP contribution in [0.2, 0.25) is 0 Å². The molecule has 2 N–H and O–H groups in total. The van der Waals surface area contributed by atoms with Crippen LogP contribution in [0, 0.1) is 0 Å². The molecule has 33 heavy (non-hydrogen) atoms. The number of unbranched alkanes of at least 4 members (excludes halogenated alkanes) is 1. The fourth-order valence-electron chi connectivity index (χ4n) is 3.84. The molecule has 4 rings (SSSR count). The summed E-state index contributed by atoms with van der Waals surface area (Å²) in [7, 11) is 0. The molecule has 3 aromatic carbocycles. The third kappa shape index (κ3) is 4.72. The van der Waals surface area contributed by atoms with Gasteiger partial charge < -0.3 is 15.5 Å². The maximum atomic E-state index is 13.8. The van der Waals surface area contributed by atoms with Crippen LogP contribution in [0.1, 0.15) is 19.8 Å². The van der Waals surface area contributed by atoms with Crippen molar-refractivity contribution in [3.63, 3.8) is 0 Å². The van der Waals surface area contributed by atoms with E-state index in [-0.39, 0.29) is 0 Å². The topological polar surface area (TPSA) is 81.8 Å². The molecule has 0 radical (unpaired) electrons. The standard InChI is InChI=1S/C26H26N4O3/c1-2-3-18-29-21-16-10-11-17-22(21)30(20-14-8-5-9-15-20)25(32)23(24(29)31)28-26(33)27-19-12-6-4-7-13-19/h4-17,23H,2-3,18H2,1H3,(H2,27,28,33). The average molecular weight is 443 g/mol. The maximum absolute atomic E-state index is 13.8. The Hall–Kier alpha value is -4.13. The van der Waals surface area contributed by atoms with Crippen LogP contribution in [0.4, 0.5) is 27.5 Å². The lowest BCUT2D eigenvalue weighted by atomic mass is 10.2. The normalized spacial score (nSPS) is 15.6. The fourth-order valence-corrected chi connectivity index (χ4v) is 3.84. The highest BCUT2D eigenvalue weighted by Crippen LogP contribution is 2.38. The molecular weight excluding hydrogens is 416 g/mol. The van der Waals surface area contributed by atoms with Crippen molar-refractivity contribution in [2.75, 3.05) is 21.7 Å². The summed E-state index contributed by atoms with van der Waals surface area (Å²) in [6.07, 6.45) is 1.65. The highest BCUT2D eigenvalue weighted by atomic mass is 16.2. The first-order valence-electron chi connectivity index (χ1n) is 11.0. The number of rotatable bonds is 6. The number of para-hydroxylation sites is 4. The van der Waals surface area contributed by atoms with E-state index in [1.54, 1.807) is 29.2 Å². The number of urea groups is 1. The summed E-state index contributed by atoms with van der Waals surface area (Å²) in [4.78, 5) is 43.3. The lowest BCUT2D eigenvalue weighted by Gasteiger charge is -2.25. The minimum absolute atomic E-state index is 0.445. The van der Waals surface area contributed by atoms with Gasteiger partial charge in [0, 0.05) is 17.9 Å². The number of nitrogens with one attached hydrogen (secondary N) is 2. The number of hydrogen-bond acceptors (Lipinski definition) is 3. The third-order valence-electron chi connectivity index (χ3n) is 5.45. The Morgan fingerprint density at radius 3 is 2.09 bits per heavy atom. The van der Waals surface area contributed by atoms with Crippen molar-refractivity contribution < 1.29 is 14.4 Å². The van der Waals surface area contributed by atoms with Crippen LogP contribution < -0.4 is 20.4 Å². The molecule has 1 aliphatic heterocycles. The Morgan fingerprint density at radius 1 is 0.818 bits per heavy atom. The molecule has 1 unspecified atom stereocenters. The van der Waals surface area contributed by atoms with E-state index in [1.807, 2.05) is 67.6 Å². The molecule has 1 aliphatic rings. The van der Waals surface area contributed by atoms with Crippen LogP contribution >= 0.6 is 0 Å². The zero-order chi connectivity index (χ0) is 23.2. The van der Waals surface area contributed by atoms with E-state index in [2.05, 4.69) is 10.6 Å². The van der Waals surface area contributed by atoms with Gasteiger partial charge in [0.15, 0.2) is 6.04 Å². The van der Waals surface area contributed by atoms with Gasteiger partial charge in [-0.05, 0) is 42.8 Å². The molecule has 0 aliphatic carbocycles. The first-order valence-corrected chi connectivity index (χ1v) is 11.0. The van der Waals surface area contributed by atoms with Crippen LogP contribution in [-0.2, 0) is 9.59 Å². The second-order valence-corrected chi connectivity index (χ2v) is 7.74. The third-order valence-corrected chi connectivity index (χ3v) is 5.45. The molecule has 4 amide bonds. The summed E-state index contributed by atoms with van der Waals surface area (Å²) < 4.78 is 0. The molecule has 3 aromatic rings. The van der Waals surface area contributed by atoms with Crippen LogP contribution in [-0.4, -0.2) is 30.4 Å². The zero-order valence-electron chi connectivity index (χ0n) is 18.4. The number of fused-ring (bicyclic) bond motifs is 1. The zero-order valence-corrected chi connectivity index (χ0v) is 18.4. The summed E-state index contributed by atoms with van der Waals surface area (Å²) in [5.41, 5.74) is 2.43. The fraction of sp³-hybridized carbons (Fsp3) is 0.192. The van der Waals surface area contributed by atoms with Crippen molar-refractivity contribution in [3.8, 4) is 0 Å². The smallest absolute Gasteiger partial charge is 0.318 e. The Bertz CT molecular complexity index is 1130. The van der Waals surface area contributed by atoms with E-state index in [0.29, 0.717) is 29.3 Å². The lowest BCUT2D eigenvalue weighted by molar-refractivity contribution is -0.128. The Kier molecular flexibility index (Phi) is 6.69. The molecule has 1 heterocycles. The minimum Gasteiger partial charge on any atom is -0.318 e. The van der Waals surface area contributed by atoms with E-state index in [4.69, 9.17) is 0 Å². The monoisotopic (exact) mass is 442 g/mol. The predicted molar refractivity (Wildman–Crippen MR) is 130 cm³/mol. The SMILES string of the molecule is CCCCN1C(=O)C(NC(=O)Nc2ccccc2)C(=O)N(c2ccccc2)c2ccccc21. The van der Waals surface area contributed by atoms with Crippen molar-refractivity contribution >= 4 is 40.6 Å². The largest absolute Gasteiger partial charge is 0.320 e. The molecular formula is C26H26N4O3. The summed E-state index contributed by atoms with van der Waals surface area (Å²) in [5.74, 6) is -0.969.